The van der Waals surface area contributed by atoms with Gasteiger partial charge in [-0.25, -0.2) is 9.97 Å². The van der Waals surface area contributed by atoms with E-state index in [0.717, 1.165) is 39.8 Å². The smallest absolute Gasteiger partial charge is 0.244 e. The number of amides is 2. The van der Waals surface area contributed by atoms with Gasteiger partial charge >= 0.3 is 0 Å². The zero-order valence-electron chi connectivity index (χ0n) is 25.4. The second-order valence-electron chi connectivity index (χ2n) is 11.8. The summed E-state index contributed by atoms with van der Waals surface area (Å²) in [6, 6.07) is 9.54. The summed E-state index contributed by atoms with van der Waals surface area (Å²) in [5, 5.41) is 11.5. The first-order valence-electron chi connectivity index (χ1n) is 15.1. The van der Waals surface area contributed by atoms with Crippen molar-refractivity contribution in [1.82, 2.24) is 34.9 Å². The van der Waals surface area contributed by atoms with Crippen molar-refractivity contribution >= 4 is 34.4 Å². The van der Waals surface area contributed by atoms with Crippen LogP contribution in [0.2, 0.25) is 0 Å². The van der Waals surface area contributed by atoms with Crippen LogP contribution < -0.4 is 10.2 Å². The summed E-state index contributed by atoms with van der Waals surface area (Å²) in [4.78, 5) is 46.3. The van der Waals surface area contributed by atoms with Crippen LogP contribution in [0.5, 0.6) is 0 Å². The number of aromatic amines is 1. The standard InChI is InChI=1S/C33H37N9O2/c1-5-24-17-35-32(36-18-24)41-13-14-42(23(4)19-41)29(43)20-40-12-10-33(6-2,21-40)31(44)37-26-7-8-28-27(16-26)30(39-38-28)25-9-11-34-22(3)15-25/h2,7-9,11,15-18,23H,5,10,12-14,19-21H2,1,3-4H3,(H,37,44)(H,38,39)/t23-,33?/m1/s1. The Morgan fingerprint density at radius 3 is 2.68 bits per heavy atom. The minimum absolute atomic E-state index is 0.00721. The zero-order chi connectivity index (χ0) is 30.8. The third-order valence-corrected chi connectivity index (χ3v) is 8.74. The topological polar surface area (TPSA) is 123 Å². The monoisotopic (exact) mass is 591 g/mol. The number of nitrogens with one attached hydrogen (secondary N) is 2. The van der Waals surface area contributed by atoms with E-state index in [1.807, 2.05) is 66.4 Å². The van der Waals surface area contributed by atoms with E-state index >= 15 is 0 Å². The Balaban J connectivity index is 1.08. The number of likely N-dealkylation sites (tertiary alicyclic amines) is 1. The average Bonchev–Trinajstić information content (AvgIpc) is 3.65. The fourth-order valence-corrected chi connectivity index (χ4v) is 6.13. The molecular weight excluding hydrogens is 554 g/mol. The summed E-state index contributed by atoms with van der Waals surface area (Å²) in [6.45, 7) is 9.09. The van der Waals surface area contributed by atoms with E-state index in [2.05, 4.69) is 48.2 Å². The average molecular weight is 592 g/mol. The van der Waals surface area contributed by atoms with Crippen molar-refractivity contribution in [1.29, 1.82) is 0 Å². The van der Waals surface area contributed by atoms with Crippen LogP contribution in [0.1, 0.15) is 31.5 Å². The molecule has 2 saturated heterocycles. The Morgan fingerprint density at radius 2 is 1.95 bits per heavy atom. The van der Waals surface area contributed by atoms with Crippen LogP contribution in [-0.4, -0.2) is 92.1 Å². The number of pyridine rings is 1. The van der Waals surface area contributed by atoms with E-state index in [9.17, 15) is 9.59 Å². The molecule has 2 N–H and O–H groups in total. The summed E-state index contributed by atoms with van der Waals surface area (Å²) >= 11 is 0. The molecule has 0 saturated carbocycles. The number of terminal acetylenes is 1. The fourth-order valence-electron chi connectivity index (χ4n) is 6.13. The number of nitrogens with zero attached hydrogens (tertiary/aromatic N) is 7. The van der Waals surface area contributed by atoms with Crippen LogP contribution >= 0.6 is 0 Å². The van der Waals surface area contributed by atoms with Crippen LogP contribution in [0.3, 0.4) is 0 Å². The molecule has 1 unspecified atom stereocenters. The largest absolute Gasteiger partial charge is 0.337 e. The second-order valence-corrected chi connectivity index (χ2v) is 11.8. The highest BCUT2D eigenvalue weighted by Crippen LogP contribution is 2.33. The molecule has 2 fully saturated rings. The molecular formula is C33H37N9O2. The van der Waals surface area contributed by atoms with Crippen molar-refractivity contribution in [3.05, 3.63) is 60.2 Å². The minimum Gasteiger partial charge on any atom is -0.337 e. The summed E-state index contributed by atoms with van der Waals surface area (Å²) in [6.07, 6.45) is 12.8. The number of hydrogen-bond acceptors (Lipinski definition) is 8. The molecule has 11 nitrogen and oxygen atoms in total. The number of hydrogen-bond donors (Lipinski definition) is 2. The van der Waals surface area contributed by atoms with Crippen LogP contribution in [0.4, 0.5) is 11.6 Å². The minimum atomic E-state index is -1.02. The van der Waals surface area contributed by atoms with E-state index in [4.69, 9.17) is 6.42 Å². The predicted molar refractivity (Wildman–Crippen MR) is 170 cm³/mol. The quantitative estimate of drug-likeness (QED) is 0.314. The van der Waals surface area contributed by atoms with Crippen molar-refractivity contribution in [2.75, 3.05) is 49.5 Å². The molecule has 5 heterocycles. The van der Waals surface area contributed by atoms with E-state index in [1.54, 1.807) is 6.20 Å². The highest BCUT2D eigenvalue weighted by molar-refractivity contribution is 6.01. The number of aromatic nitrogens is 5. The Bertz CT molecular complexity index is 1730. The third-order valence-electron chi connectivity index (χ3n) is 8.74. The fraction of sp³-hybridized carbons (Fsp3) is 0.394. The van der Waals surface area contributed by atoms with Crippen LogP contribution in [-0.2, 0) is 16.0 Å². The second kappa shape index (κ2) is 12.1. The van der Waals surface area contributed by atoms with Crippen LogP contribution in [0, 0.1) is 24.7 Å². The molecule has 4 aromatic rings. The molecule has 0 radical (unpaired) electrons. The highest BCUT2D eigenvalue weighted by Gasteiger charge is 2.44. The number of carbonyl (C=O) groups is 2. The van der Waals surface area contributed by atoms with Gasteiger partial charge in [-0.2, -0.15) is 5.10 Å². The number of aryl methyl sites for hydroxylation is 2. The Hall–Kier alpha value is -4.82. The number of piperazine rings is 1. The highest BCUT2D eigenvalue weighted by atomic mass is 16.2. The maximum absolute atomic E-state index is 13.6. The van der Waals surface area contributed by atoms with Crippen LogP contribution in [0.25, 0.3) is 22.2 Å². The van der Waals surface area contributed by atoms with Gasteiger partial charge in [-0.15, -0.1) is 6.42 Å². The van der Waals surface area contributed by atoms with Gasteiger partial charge in [0.15, 0.2) is 0 Å². The molecule has 1 aromatic carbocycles. The molecule has 11 heteroatoms. The SMILES string of the molecule is C#CC1(C(=O)Nc2ccc3[nH]nc(-c4ccnc(C)c4)c3c2)CCN(CC(=O)N2CCN(c3ncc(CC)cn3)C[C@H]2C)C1. The molecule has 0 spiro atoms. The number of rotatable bonds is 7. The summed E-state index contributed by atoms with van der Waals surface area (Å²) in [7, 11) is 0. The molecule has 0 aliphatic carbocycles. The summed E-state index contributed by atoms with van der Waals surface area (Å²) in [5.74, 6) is 3.27. The van der Waals surface area contributed by atoms with Crippen molar-refractivity contribution in [3.63, 3.8) is 0 Å². The summed E-state index contributed by atoms with van der Waals surface area (Å²) in [5.41, 5.74) is 4.20. The van der Waals surface area contributed by atoms with Gasteiger partial charge in [-0.3, -0.25) is 24.6 Å². The van der Waals surface area contributed by atoms with Crippen molar-refractivity contribution in [2.24, 2.45) is 5.41 Å². The van der Waals surface area contributed by atoms with Gasteiger partial charge in [-0.05, 0) is 62.6 Å². The molecule has 0 bridgehead atoms. The summed E-state index contributed by atoms with van der Waals surface area (Å²) < 4.78 is 0. The Morgan fingerprint density at radius 1 is 1.14 bits per heavy atom. The van der Waals surface area contributed by atoms with Gasteiger partial charge in [0.2, 0.25) is 17.8 Å². The molecule has 6 rings (SSSR count). The lowest BCUT2D eigenvalue weighted by atomic mass is 9.87. The van der Waals surface area contributed by atoms with Gasteiger partial charge < -0.3 is 15.1 Å². The van der Waals surface area contributed by atoms with Crippen LogP contribution in [0.15, 0.2) is 48.9 Å². The normalized spacial score (nSPS) is 20.5. The van der Waals surface area contributed by atoms with Gasteiger partial charge in [0.05, 0.1) is 12.1 Å². The van der Waals surface area contributed by atoms with Gasteiger partial charge in [0.25, 0.3) is 0 Å². The maximum Gasteiger partial charge on any atom is 0.244 e. The molecule has 3 aromatic heterocycles. The first-order chi connectivity index (χ1) is 21.3. The number of carbonyl (C=O) groups excluding carboxylic acids is 2. The third kappa shape index (κ3) is 5.73. The molecule has 2 aliphatic heterocycles. The van der Waals surface area contributed by atoms with E-state index in [1.165, 1.54) is 0 Å². The van der Waals surface area contributed by atoms with Gasteiger partial charge in [0, 0.05) is 79.7 Å². The maximum atomic E-state index is 13.6. The van der Waals surface area contributed by atoms with Gasteiger partial charge in [-0.1, -0.05) is 12.8 Å². The van der Waals surface area contributed by atoms with E-state index in [0.29, 0.717) is 50.8 Å². The Kier molecular flexibility index (Phi) is 8.01. The van der Waals surface area contributed by atoms with Crippen molar-refractivity contribution < 1.29 is 9.59 Å². The molecule has 44 heavy (non-hydrogen) atoms. The number of fused-ring (bicyclic) bond motifs is 1. The zero-order valence-corrected chi connectivity index (χ0v) is 25.4. The molecule has 2 amide bonds. The molecule has 226 valence electrons. The van der Waals surface area contributed by atoms with E-state index in [-0.39, 0.29) is 24.4 Å². The lowest BCUT2D eigenvalue weighted by Gasteiger charge is -2.40. The lowest BCUT2D eigenvalue weighted by Crippen LogP contribution is -2.56. The van der Waals surface area contributed by atoms with Crippen molar-refractivity contribution in [3.8, 4) is 23.6 Å². The van der Waals surface area contributed by atoms with Gasteiger partial charge in [0.1, 0.15) is 11.1 Å². The lowest BCUT2D eigenvalue weighted by molar-refractivity contribution is -0.135. The number of benzene rings is 1. The first kappa shape index (κ1) is 29.3. The Labute approximate surface area is 257 Å². The number of H-pyrrole nitrogens is 1. The van der Waals surface area contributed by atoms with E-state index < -0.39 is 5.41 Å². The first-order valence-corrected chi connectivity index (χ1v) is 15.1. The van der Waals surface area contributed by atoms with Crippen molar-refractivity contribution in [2.45, 2.75) is 39.7 Å². The molecule has 2 aliphatic rings. The predicted octanol–water partition coefficient (Wildman–Crippen LogP) is 3.29. The number of anilines is 2. The molecule has 2 atom stereocenters.